The second-order valence-electron chi connectivity index (χ2n) is 6.35. The normalized spacial score (nSPS) is 18.0. The molecule has 1 fully saturated rings. The zero-order valence-electron chi connectivity index (χ0n) is 14.5. The highest BCUT2D eigenvalue weighted by Crippen LogP contribution is 2.36. The van der Waals surface area contributed by atoms with Crippen LogP contribution in [0.4, 0.5) is 0 Å². The number of rotatable bonds is 6. The lowest BCUT2D eigenvalue weighted by Crippen LogP contribution is -2.40. The third-order valence-corrected chi connectivity index (χ3v) is 4.22. The zero-order valence-corrected chi connectivity index (χ0v) is 14.5. The first-order valence-electron chi connectivity index (χ1n) is 8.43. The Kier molecular flexibility index (Phi) is 6.28. The number of aliphatic imine (C=N–C) groups is 1. The van der Waals surface area contributed by atoms with Crippen LogP contribution in [0.25, 0.3) is 0 Å². The number of hydrogen-bond acceptors (Lipinski definition) is 3. The first-order chi connectivity index (χ1) is 11.1. The largest absolute Gasteiger partial charge is 0.494 e. The topological polar surface area (TPSA) is 68.9 Å². The van der Waals surface area contributed by atoms with Gasteiger partial charge in [0.1, 0.15) is 5.75 Å². The van der Waals surface area contributed by atoms with Gasteiger partial charge in [0.05, 0.1) is 13.2 Å². The summed E-state index contributed by atoms with van der Waals surface area (Å²) < 4.78 is 11.1. The summed E-state index contributed by atoms with van der Waals surface area (Å²) in [5, 5.41) is 3.15. The predicted molar refractivity (Wildman–Crippen MR) is 94.1 cm³/mol. The van der Waals surface area contributed by atoms with Crippen LogP contribution in [-0.2, 0) is 10.2 Å². The van der Waals surface area contributed by atoms with E-state index in [2.05, 4.69) is 36.3 Å². The molecule has 0 saturated carbocycles. The molecule has 1 aliphatic rings. The second kappa shape index (κ2) is 8.20. The lowest BCUT2D eigenvalue weighted by atomic mass is 9.74. The van der Waals surface area contributed by atoms with Crippen molar-refractivity contribution in [3.8, 4) is 5.75 Å². The van der Waals surface area contributed by atoms with Crippen LogP contribution < -0.4 is 15.8 Å². The number of ether oxygens (including phenoxy) is 2. The first kappa shape index (κ1) is 17.6. The number of nitrogens with two attached hydrogens (primary N) is 1. The molecule has 0 unspecified atom stereocenters. The van der Waals surface area contributed by atoms with Gasteiger partial charge in [0.15, 0.2) is 5.96 Å². The summed E-state index contributed by atoms with van der Waals surface area (Å²) in [6.45, 7) is 8.99. The van der Waals surface area contributed by atoms with E-state index in [1.165, 1.54) is 5.56 Å². The molecule has 1 saturated heterocycles. The van der Waals surface area contributed by atoms with Crippen molar-refractivity contribution in [2.75, 3.05) is 26.4 Å². The Morgan fingerprint density at radius 1 is 1.30 bits per heavy atom. The summed E-state index contributed by atoms with van der Waals surface area (Å²) in [5.41, 5.74) is 7.26. The fourth-order valence-corrected chi connectivity index (χ4v) is 2.95. The quantitative estimate of drug-likeness (QED) is 0.624. The minimum atomic E-state index is -0.00766. The van der Waals surface area contributed by atoms with Crippen LogP contribution in [-0.4, -0.2) is 38.4 Å². The highest BCUT2D eigenvalue weighted by atomic mass is 16.5. The highest BCUT2D eigenvalue weighted by Gasteiger charge is 2.34. The van der Waals surface area contributed by atoms with Crippen LogP contribution in [0, 0.1) is 0 Å². The van der Waals surface area contributed by atoms with Gasteiger partial charge in [0, 0.05) is 24.7 Å². The maximum Gasteiger partial charge on any atom is 0.188 e. The molecule has 0 spiro atoms. The number of nitrogens with zero attached hydrogens (tertiary/aromatic N) is 1. The summed E-state index contributed by atoms with van der Waals surface area (Å²) in [6.07, 6.45) is 1.92. The number of hydrogen-bond donors (Lipinski definition) is 2. The van der Waals surface area contributed by atoms with E-state index in [4.69, 9.17) is 15.2 Å². The van der Waals surface area contributed by atoms with Crippen molar-refractivity contribution in [2.24, 2.45) is 10.7 Å². The van der Waals surface area contributed by atoms with E-state index in [1.807, 2.05) is 19.1 Å². The maximum atomic E-state index is 5.98. The molecule has 23 heavy (non-hydrogen) atoms. The summed E-state index contributed by atoms with van der Waals surface area (Å²) in [7, 11) is 0. The molecule has 0 bridgehead atoms. The van der Waals surface area contributed by atoms with Crippen LogP contribution in [0.5, 0.6) is 5.75 Å². The van der Waals surface area contributed by atoms with Crippen LogP contribution in [0.15, 0.2) is 29.3 Å². The molecule has 0 amide bonds. The van der Waals surface area contributed by atoms with Crippen LogP contribution in [0.1, 0.15) is 39.2 Å². The van der Waals surface area contributed by atoms with Crippen molar-refractivity contribution in [1.29, 1.82) is 0 Å². The summed E-state index contributed by atoms with van der Waals surface area (Å²) in [6, 6.07) is 8.66. The molecule has 0 aliphatic carbocycles. The number of guanidine groups is 1. The van der Waals surface area contributed by atoms with Gasteiger partial charge < -0.3 is 20.5 Å². The smallest absolute Gasteiger partial charge is 0.188 e. The van der Waals surface area contributed by atoms with E-state index in [-0.39, 0.29) is 11.5 Å². The van der Waals surface area contributed by atoms with E-state index in [0.29, 0.717) is 19.1 Å². The molecule has 3 N–H and O–H groups in total. The Hall–Kier alpha value is -1.75. The van der Waals surface area contributed by atoms with E-state index in [9.17, 15) is 0 Å². The Morgan fingerprint density at radius 3 is 2.52 bits per heavy atom. The predicted octanol–water partition coefficient (Wildman–Crippen LogP) is 2.45. The Bertz CT molecular complexity index is 506. The summed E-state index contributed by atoms with van der Waals surface area (Å²) in [4.78, 5) is 4.59. The molecule has 0 aromatic heterocycles. The van der Waals surface area contributed by atoms with Gasteiger partial charge in [-0.2, -0.15) is 0 Å². The van der Waals surface area contributed by atoms with Gasteiger partial charge in [-0.25, -0.2) is 0 Å². The molecule has 1 aromatic carbocycles. The Balaban J connectivity index is 2.18. The summed E-state index contributed by atoms with van der Waals surface area (Å²) >= 11 is 0. The second-order valence-corrected chi connectivity index (χ2v) is 6.35. The molecule has 5 heteroatoms. The summed E-state index contributed by atoms with van der Waals surface area (Å²) in [5.74, 6) is 1.42. The van der Waals surface area contributed by atoms with Crippen molar-refractivity contribution in [2.45, 2.75) is 45.1 Å². The van der Waals surface area contributed by atoms with Gasteiger partial charge in [0.25, 0.3) is 0 Å². The van der Waals surface area contributed by atoms with Crippen molar-refractivity contribution >= 4 is 5.96 Å². The molecule has 1 heterocycles. The van der Waals surface area contributed by atoms with E-state index in [0.717, 1.165) is 31.8 Å². The molecule has 1 aromatic rings. The van der Waals surface area contributed by atoms with E-state index in [1.54, 1.807) is 0 Å². The van der Waals surface area contributed by atoms with Gasteiger partial charge in [-0.3, -0.25) is 4.99 Å². The molecule has 128 valence electrons. The molecular weight excluding hydrogens is 290 g/mol. The minimum absolute atomic E-state index is 0.00766. The first-order valence-corrected chi connectivity index (χ1v) is 8.43. The molecule has 2 rings (SSSR count). The van der Waals surface area contributed by atoms with Gasteiger partial charge in [-0.1, -0.05) is 12.1 Å². The molecule has 5 nitrogen and oxygen atoms in total. The monoisotopic (exact) mass is 319 g/mol. The molecule has 0 atom stereocenters. The van der Waals surface area contributed by atoms with Gasteiger partial charge in [-0.15, -0.1) is 0 Å². The van der Waals surface area contributed by atoms with Crippen LogP contribution in [0.2, 0.25) is 0 Å². The molecule has 0 radical (unpaired) electrons. The lowest BCUT2D eigenvalue weighted by Gasteiger charge is -2.36. The highest BCUT2D eigenvalue weighted by molar-refractivity contribution is 5.78. The van der Waals surface area contributed by atoms with E-state index >= 15 is 0 Å². The van der Waals surface area contributed by atoms with Gasteiger partial charge in [-0.05, 0) is 51.3 Å². The number of benzene rings is 1. The third-order valence-electron chi connectivity index (χ3n) is 4.22. The van der Waals surface area contributed by atoms with Crippen LogP contribution in [0.3, 0.4) is 0 Å². The van der Waals surface area contributed by atoms with Crippen molar-refractivity contribution in [3.05, 3.63) is 29.8 Å². The maximum absolute atomic E-state index is 5.98. The lowest BCUT2D eigenvalue weighted by molar-refractivity contribution is 0.0531. The molecule has 1 aliphatic heterocycles. The fraction of sp³-hybridized carbons (Fsp3) is 0.611. The fourth-order valence-electron chi connectivity index (χ4n) is 2.95. The Labute approximate surface area is 139 Å². The number of nitrogens with one attached hydrogen (secondary N) is 1. The van der Waals surface area contributed by atoms with Crippen LogP contribution >= 0.6 is 0 Å². The van der Waals surface area contributed by atoms with Gasteiger partial charge >= 0.3 is 0 Å². The Morgan fingerprint density at radius 2 is 1.96 bits per heavy atom. The standard InChI is InChI=1S/C18H29N3O2/c1-4-23-16-7-5-15(6-8-16)18(9-11-22-12-10-18)13-20-17(19)21-14(2)3/h5-8,14H,4,9-13H2,1-3H3,(H3,19,20,21). The third kappa shape index (κ3) is 4.86. The average molecular weight is 319 g/mol. The SMILES string of the molecule is CCOc1ccc(C2(CN=C(N)NC(C)C)CCOCC2)cc1. The van der Waals surface area contributed by atoms with Crippen molar-refractivity contribution < 1.29 is 9.47 Å². The van der Waals surface area contributed by atoms with Crippen molar-refractivity contribution in [1.82, 2.24) is 5.32 Å². The van der Waals surface area contributed by atoms with Gasteiger partial charge in [0.2, 0.25) is 0 Å². The average Bonchev–Trinajstić information content (AvgIpc) is 2.54. The zero-order chi connectivity index (χ0) is 16.7. The minimum Gasteiger partial charge on any atom is -0.494 e. The molecular formula is C18H29N3O2. The van der Waals surface area contributed by atoms with Crippen molar-refractivity contribution in [3.63, 3.8) is 0 Å². The van der Waals surface area contributed by atoms with E-state index < -0.39 is 0 Å².